The van der Waals surface area contributed by atoms with Crippen LogP contribution >= 0.6 is 22.9 Å². The zero-order valence-corrected chi connectivity index (χ0v) is 15.8. The molecular weight excluding hydrogens is 383 g/mol. The molecule has 140 valence electrons. The zero-order chi connectivity index (χ0) is 19.3. The number of hydrogen-bond acceptors (Lipinski definition) is 5. The molecule has 0 fully saturated rings. The van der Waals surface area contributed by atoms with E-state index >= 15 is 0 Å². The van der Waals surface area contributed by atoms with Crippen LogP contribution < -0.4 is 10.6 Å². The number of fused-ring (bicyclic) bond motifs is 1. The van der Waals surface area contributed by atoms with Crippen LogP contribution in [0, 0.1) is 11.7 Å². The van der Waals surface area contributed by atoms with Crippen LogP contribution in [0.25, 0.3) is 10.1 Å². The number of rotatable bonds is 6. The van der Waals surface area contributed by atoms with Crippen LogP contribution in [0.3, 0.4) is 0 Å². The fourth-order valence-electron chi connectivity index (χ4n) is 2.05. The highest BCUT2D eigenvalue weighted by atomic mass is 35.5. The van der Waals surface area contributed by atoms with Crippen molar-refractivity contribution in [3.63, 3.8) is 0 Å². The minimum absolute atomic E-state index is 0.0708. The second-order valence-electron chi connectivity index (χ2n) is 5.95. The molecule has 3 amide bonds. The lowest BCUT2D eigenvalue weighted by molar-refractivity contribution is -0.123. The number of benzene rings is 1. The topological polar surface area (TPSA) is 84.5 Å². The predicted octanol–water partition coefficient (Wildman–Crippen LogP) is 3.72. The molecule has 2 rings (SSSR count). The van der Waals surface area contributed by atoms with E-state index in [4.69, 9.17) is 16.3 Å². The van der Waals surface area contributed by atoms with Crippen LogP contribution in [0.1, 0.15) is 29.9 Å². The zero-order valence-electron chi connectivity index (χ0n) is 14.2. The summed E-state index contributed by atoms with van der Waals surface area (Å²) in [5, 5.41) is 5.26. The number of carbonyl (C=O) groups is 3. The molecule has 0 aliphatic rings. The monoisotopic (exact) mass is 400 g/mol. The molecule has 0 saturated carbocycles. The molecule has 9 heteroatoms. The number of imide groups is 1. The fourth-order valence-corrected chi connectivity index (χ4v) is 3.48. The molecule has 0 aliphatic heterocycles. The van der Waals surface area contributed by atoms with Gasteiger partial charge in [0.05, 0.1) is 5.02 Å². The number of urea groups is 1. The molecule has 0 atom stereocenters. The van der Waals surface area contributed by atoms with E-state index in [9.17, 15) is 18.8 Å². The van der Waals surface area contributed by atoms with Gasteiger partial charge in [-0.15, -0.1) is 11.3 Å². The van der Waals surface area contributed by atoms with Crippen molar-refractivity contribution >= 4 is 50.9 Å². The second-order valence-corrected chi connectivity index (χ2v) is 7.38. The van der Waals surface area contributed by atoms with Crippen molar-refractivity contribution in [1.29, 1.82) is 0 Å². The summed E-state index contributed by atoms with van der Waals surface area (Å²) < 4.78 is 18.6. The molecule has 0 radical (unpaired) electrons. The maximum Gasteiger partial charge on any atom is 0.350 e. The van der Waals surface area contributed by atoms with Crippen LogP contribution in [0.5, 0.6) is 0 Å². The van der Waals surface area contributed by atoms with E-state index in [2.05, 4.69) is 10.6 Å². The van der Waals surface area contributed by atoms with Crippen molar-refractivity contribution in [2.75, 3.05) is 13.2 Å². The number of carbonyl (C=O) groups excluding carboxylic acids is 3. The van der Waals surface area contributed by atoms with Gasteiger partial charge in [0.2, 0.25) is 0 Å². The third-order valence-electron chi connectivity index (χ3n) is 3.37. The van der Waals surface area contributed by atoms with Gasteiger partial charge in [0.1, 0.15) is 10.7 Å². The third-order valence-corrected chi connectivity index (χ3v) is 5.01. The summed E-state index contributed by atoms with van der Waals surface area (Å²) in [6.07, 6.45) is 0.779. The molecule has 1 aromatic heterocycles. The highest BCUT2D eigenvalue weighted by Gasteiger charge is 2.20. The van der Waals surface area contributed by atoms with Crippen molar-refractivity contribution in [2.45, 2.75) is 20.3 Å². The van der Waals surface area contributed by atoms with E-state index in [0.717, 1.165) is 17.8 Å². The molecule has 6 nitrogen and oxygen atoms in total. The normalized spacial score (nSPS) is 10.8. The highest BCUT2D eigenvalue weighted by molar-refractivity contribution is 7.21. The van der Waals surface area contributed by atoms with Crippen molar-refractivity contribution < 1.29 is 23.5 Å². The highest BCUT2D eigenvalue weighted by Crippen LogP contribution is 2.36. The van der Waals surface area contributed by atoms with Gasteiger partial charge in [0.25, 0.3) is 5.91 Å². The smallest absolute Gasteiger partial charge is 0.350 e. The first-order valence-corrected chi connectivity index (χ1v) is 9.09. The van der Waals surface area contributed by atoms with Crippen molar-refractivity contribution in [3.8, 4) is 0 Å². The molecule has 0 spiro atoms. The molecule has 2 aromatic rings. The Labute approximate surface area is 158 Å². The van der Waals surface area contributed by atoms with Crippen molar-refractivity contribution in [2.24, 2.45) is 5.92 Å². The lowest BCUT2D eigenvalue weighted by atomic mass is 10.1. The number of ether oxygens (including phenoxy) is 1. The standard InChI is InChI=1S/C17H18ClFN2O4S/c1-9(2)5-6-20-17(24)21-13(22)8-25-16(23)15-14(18)11-4-3-10(19)7-12(11)26-15/h3-4,7,9H,5-6,8H2,1-2H3,(H2,20,21,22,24). The van der Waals surface area contributed by atoms with Crippen LogP contribution in [0.4, 0.5) is 9.18 Å². The van der Waals surface area contributed by atoms with E-state index < -0.39 is 30.3 Å². The molecule has 26 heavy (non-hydrogen) atoms. The maximum atomic E-state index is 13.2. The number of amides is 3. The quantitative estimate of drug-likeness (QED) is 0.724. The van der Waals surface area contributed by atoms with Crippen LogP contribution in [-0.2, 0) is 9.53 Å². The van der Waals surface area contributed by atoms with Gasteiger partial charge in [-0.1, -0.05) is 25.4 Å². The Kier molecular flexibility index (Phi) is 6.93. The van der Waals surface area contributed by atoms with Gasteiger partial charge in [0.15, 0.2) is 6.61 Å². The van der Waals surface area contributed by atoms with Gasteiger partial charge >= 0.3 is 12.0 Å². The lowest BCUT2D eigenvalue weighted by Gasteiger charge is -2.08. The fraction of sp³-hybridized carbons (Fsp3) is 0.353. The van der Waals surface area contributed by atoms with Crippen LogP contribution in [0.2, 0.25) is 5.02 Å². The number of nitrogens with one attached hydrogen (secondary N) is 2. The molecule has 0 saturated heterocycles. The summed E-state index contributed by atoms with van der Waals surface area (Å²) in [6, 6.07) is 3.31. The Hall–Kier alpha value is -2.19. The number of hydrogen-bond donors (Lipinski definition) is 2. The summed E-state index contributed by atoms with van der Waals surface area (Å²) in [5.41, 5.74) is 0. The van der Waals surface area contributed by atoms with Gasteiger partial charge < -0.3 is 10.1 Å². The maximum absolute atomic E-state index is 13.2. The predicted molar refractivity (Wildman–Crippen MR) is 98.1 cm³/mol. The first kappa shape index (κ1) is 20.1. The second kappa shape index (κ2) is 8.95. The molecule has 1 aromatic carbocycles. The van der Waals surface area contributed by atoms with Gasteiger partial charge in [-0.25, -0.2) is 14.0 Å². The first-order chi connectivity index (χ1) is 12.3. The van der Waals surface area contributed by atoms with E-state index in [1.54, 1.807) is 0 Å². The average molecular weight is 401 g/mol. The Bertz CT molecular complexity index is 838. The summed E-state index contributed by atoms with van der Waals surface area (Å²) in [5.74, 6) is -1.60. The van der Waals surface area contributed by atoms with E-state index in [1.807, 2.05) is 13.8 Å². The largest absolute Gasteiger partial charge is 0.451 e. The van der Waals surface area contributed by atoms with Crippen LogP contribution in [0.15, 0.2) is 18.2 Å². The summed E-state index contributed by atoms with van der Waals surface area (Å²) in [6.45, 7) is 3.83. The van der Waals surface area contributed by atoms with Crippen molar-refractivity contribution in [1.82, 2.24) is 10.6 Å². The van der Waals surface area contributed by atoms with Crippen molar-refractivity contribution in [3.05, 3.63) is 33.9 Å². The Morgan fingerprint density at radius 1 is 1.31 bits per heavy atom. The van der Waals surface area contributed by atoms with Gasteiger partial charge in [-0.3, -0.25) is 10.1 Å². The number of halogens is 2. The summed E-state index contributed by atoms with van der Waals surface area (Å²) >= 11 is 7.08. The SMILES string of the molecule is CC(C)CCNC(=O)NC(=O)COC(=O)c1sc2cc(F)ccc2c1Cl. The summed E-state index contributed by atoms with van der Waals surface area (Å²) in [4.78, 5) is 35.3. The van der Waals surface area contributed by atoms with Crippen LogP contribution in [-0.4, -0.2) is 31.1 Å². The Morgan fingerprint density at radius 3 is 2.73 bits per heavy atom. The minimum Gasteiger partial charge on any atom is -0.451 e. The molecule has 0 bridgehead atoms. The third kappa shape index (κ3) is 5.40. The summed E-state index contributed by atoms with van der Waals surface area (Å²) in [7, 11) is 0. The molecule has 2 N–H and O–H groups in total. The molecular formula is C17H18ClFN2O4S. The van der Waals surface area contributed by atoms with Gasteiger partial charge in [-0.05, 0) is 30.5 Å². The molecule has 0 aliphatic carbocycles. The van der Waals surface area contributed by atoms with E-state index in [1.165, 1.54) is 18.2 Å². The first-order valence-electron chi connectivity index (χ1n) is 7.90. The lowest BCUT2D eigenvalue weighted by Crippen LogP contribution is -2.41. The molecule has 0 unspecified atom stereocenters. The minimum atomic E-state index is -0.813. The Morgan fingerprint density at radius 2 is 2.04 bits per heavy atom. The van der Waals surface area contributed by atoms with E-state index in [-0.39, 0.29) is 9.90 Å². The molecule has 1 heterocycles. The van der Waals surface area contributed by atoms with Gasteiger partial charge in [-0.2, -0.15) is 0 Å². The number of esters is 1. The average Bonchev–Trinajstić information content (AvgIpc) is 2.88. The number of thiophene rings is 1. The van der Waals surface area contributed by atoms with Gasteiger partial charge in [0, 0.05) is 16.6 Å². The van der Waals surface area contributed by atoms with E-state index in [0.29, 0.717) is 22.5 Å². The Balaban J connectivity index is 1.87.